The van der Waals surface area contributed by atoms with E-state index in [1.165, 1.54) is 16.7 Å². The number of carbonyl (C=O) groups is 1. The highest BCUT2D eigenvalue weighted by molar-refractivity contribution is 14.0. The second-order valence-electron chi connectivity index (χ2n) is 8.80. The molecule has 2 aliphatic heterocycles. The number of amides is 1. The number of hydrogen-bond donors (Lipinski definition) is 2. The molecule has 8 heteroatoms. The summed E-state index contributed by atoms with van der Waals surface area (Å²) < 4.78 is 6.11. The summed E-state index contributed by atoms with van der Waals surface area (Å²) in [5, 5.41) is 3.45. The van der Waals surface area contributed by atoms with Crippen LogP contribution in [0.1, 0.15) is 49.0 Å². The van der Waals surface area contributed by atoms with E-state index in [0.29, 0.717) is 6.61 Å². The van der Waals surface area contributed by atoms with Gasteiger partial charge in [-0.25, -0.2) is 0 Å². The Hall–Kier alpha value is -1.39. The largest absolute Gasteiger partial charge is 0.370 e. The third-order valence-corrected chi connectivity index (χ3v) is 6.27. The van der Waals surface area contributed by atoms with E-state index in [1.807, 2.05) is 0 Å². The highest BCUT2D eigenvalue weighted by atomic mass is 127. The fraction of sp³-hybridized carbons (Fsp3) is 0.667. The van der Waals surface area contributed by atoms with Gasteiger partial charge in [-0.1, -0.05) is 23.8 Å². The van der Waals surface area contributed by atoms with Crippen molar-refractivity contribution in [2.24, 2.45) is 16.6 Å². The number of guanidine groups is 1. The summed E-state index contributed by atoms with van der Waals surface area (Å²) in [6, 6.07) is 6.58. The molecule has 1 aromatic carbocycles. The van der Waals surface area contributed by atoms with Gasteiger partial charge in [0.25, 0.3) is 0 Å². The molecule has 0 radical (unpaired) electrons. The van der Waals surface area contributed by atoms with Gasteiger partial charge in [-0.3, -0.25) is 9.79 Å². The first-order valence-electron chi connectivity index (χ1n) is 11.7. The number of nitrogens with two attached hydrogens (primary N) is 1. The van der Waals surface area contributed by atoms with Crippen molar-refractivity contribution in [2.75, 3.05) is 52.4 Å². The summed E-state index contributed by atoms with van der Waals surface area (Å²) in [4.78, 5) is 21.1. The molecule has 2 fully saturated rings. The molecule has 2 aliphatic rings. The number of nitrogens with zero attached hydrogens (tertiary/aromatic N) is 3. The number of ether oxygens (including phenoxy) is 1. The van der Waals surface area contributed by atoms with E-state index in [9.17, 15) is 4.79 Å². The molecule has 0 spiro atoms. The van der Waals surface area contributed by atoms with Gasteiger partial charge in [0, 0.05) is 26.2 Å². The number of aliphatic imine (C=N–C) groups is 1. The molecule has 32 heavy (non-hydrogen) atoms. The number of nitrogens with one attached hydrogen (secondary N) is 1. The minimum Gasteiger partial charge on any atom is -0.370 e. The number of rotatable bonds is 7. The van der Waals surface area contributed by atoms with Crippen LogP contribution in [0.2, 0.25) is 0 Å². The first-order valence-corrected chi connectivity index (χ1v) is 11.7. The van der Waals surface area contributed by atoms with Crippen molar-refractivity contribution in [3.63, 3.8) is 0 Å². The Morgan fingerprint density at radius 3 is 2.81 bits per heavy atom. The van der Waals surface area contributed by atoms with Crippen LogP contribution in [-0.4, -0.2) is 74.1 Å². The molecule has 3 N–H and O–H groups in total. The van der Waals surface area contributed by atoms with Crippen molar-refractivity contribution >= 4 is 35.8 Å². The van der Waals surface area contributed by atoms with Crippen molar-refractivity contribution in [1.29, 1.82) is 0 Å². The molecule has 0 saturated carbocycles. The molecule has 0 aromatic heterocycles. The van der Waals surface area contributed by atoms with Gasteiger partial charge >= 0.3 is 0 Å². The number of aryl methyl sites for hydroxylation is 2. The maximum atomic E-state index is 11.5. The van der Waals surface area contributed by atoms with E-state index in [-0.39, 0.29) is 41.9 Å². The average molecular weight is 558 g/mol. The van der Waals surface area contributed by atoms with Crippen molar-refractivity contribution in [2.45, 2.75) is 46.1 Å². The molecule has 2 heterocycles. The fourth-order valence-corrected chi connectivity index (χ4v) is 4.61. The first kappa shape index (κ1) is 26.9. The topological polar surface area (TPSA) is 83.2 Å². The molecule has 0 bridgehead atoms. The lowest BCUT2D eigenvalue weighted by Gasteiger charge is -2.36. The SMILES string of the molecule is CCNC(=NCCCN1CCCC(C(N)=O)C1)N1CCOC(c2ccc(C)cc2C)C1.I. The van der Waals surface area contributed by atoms with E-state index in [1.54, 1.807) is 0 Å². The zero-order chi connectivity index (χ0) is 22.2. The Labute approximate surface area is 210 Å². The molecule has 7 nitrogen and oxygen atoms in total. The minimum atomic E-state index is -0.164. The lowest BCUT2D eigenvalue weighted by atomic mass is 9.97. The predicted octanol–water partition coefficient (Wildman–Crippen LogP) is 2.85. The Kier molecular flexibility index (Phi) is 11.2. The van der Waals surface area contributed by atoms with Gasteiger partial charge in [0.15, 0.2) is 5.96 Å². The zero-order valence-electron chi connectivity index (χ0n) is 19.8. The standard InChI is InChI=1S/C24H39N5O2.HI/c1-4-26-24(27-10-6-12-28-11-5-7-20(16-28)23(25)30)29-13-14-31-22(17-29)21-9-8-18(2)15-19(21)3;/h8-9,15,20,22H,4-7,10-14,16-17H2,1-3H3,(H2,25,30)(H,26,27);1H. The molecule has 2 atom stereocenters. The maximum absolute atomic E-state index is 11.5. The number of carbonyl (C=O) groups excluding carboxylic acids is 1. The Morgan fingerprint density at radius 2 is 2.09 bits per heavy atom. The van der Waals surface area contributed by atoms with E-state index in [0.717, 1.165) is 71.0 Å². The number of primary amides is 1. The van der Waals surface area contributed by atoms with Crippen LogP contribution in [0.15, 0.2) is 23.2 Å². The average Bonchev–Trinajstić information content (AvgIpc) is 2.76. The number of morpholine rings is 1. The third-order valence-electron chi connectivity index (χ3n) is 6.27. The van der Waals surface area contributed by atoms with Crippen molar-refractivity contribution in [3.05, 3.63) is 34.9 Å². The van der Waals surface area contributed by atoms with Crippen LogP contribution in [0.4, 0.5) is 0 Å². The number of piperidine rings is 1. The Balaban J connectivity index is 0.00000363. The summed E-state index contributed by atoms with van der Waals surface area (Å²) in [7, 11) is 0. The lowest BCUT2D eigenvalue weighted by molar-refractivity contribution is -0.123. The smallest absolute Gasteiger partial charge is 0.221 e. The zero-order valence-corrected chi connectivity index (χ0v) is 22.1. The molecule has 2 saturated heterocycles. The van der Waals surface area contributed by atoms with E-state index in [4.69, 9.17) is 15.5 Å². The summed E-state index contributed by atoms with van der Waals surface area (Å²) >= 11 is 0. The molecule has 3 rings (SSSR count). The van der Waals surface area contributed by atoms with Crippen LogP contribution < -0.4 is 11.1 Å². The quantitative estimate of drug-likeness (QED) is 0.233. The number of halogens is 1. The van der Waals surface area contributed by atoms with Gasteiger partial charge in [-0.15, -0.1) is 24.0 Å². The van der Waals surface area contributed by atoms with Gasteiger partial charge in [-0.05, 0) is 64.3 Å². The van der Waals surface area contributed by atoms with E-state index < -0.39 is 0 Å². The second-order valence-corrected chi connectivity index (χ2v) is 8.80. The van der Waals surface area contributed by atoms with E-state index >= 15 is 0 Å². The van der Waals surface area contributed by atoms with Crippen LogP contribution in [0, 0.1) is 19.8 Å². The number of benzene rings is 1. The van der Waals surface area contributed by atoms with Crippen LogP contribution >= 0.6 is 24.0 Å². The van der Waals surface area contributed by atoms with Gasteiger partial charge in [0.1, 0.15) is 6.10 Å². The molecule has 2 unspecified atom stereocenters. The lowest BCUT2D eigenvalue weighted by Crippen LogP contribution is -2.48. The number of likely N-dealkylation sites (tertiary alicyclic amines) is 1. The van der Waals surface area contributed by atoms with E-state index in [2.05, 4.69) is 54.1 Å². The van der Waals surface area contributed by atoms with Crippen LogP contribution in [0.3, 0.4) is 0 Å². The molecule has 1 aromatic rings. The van der Waals surface area contributed by atoms with Crippen molar-refractivity contribution in [3.8, 4) is 0 Å². The van der Waals surface area contributed by atoms with Gasteiger partial charge in [0.2, 0.25) is 5.91 Å². The molecule has 180 valence electrons. The highest BCUT2D eigenvalue weighted by Gasteiger charge is 2.26. The van der Waals surface area contributed by atoms with Crippen molar-refractivity contribution in [1.82, 2.24) is 15.1 Å². The fourth-order valence-electron chi connectivity index (χ4n) is 4.61. The maximum Gasteiger partial charge on any atom is 0.221 e. The van der Waals surface area contributed by atoms with Gasteiger partial charge in [0.05, 0.1) is 19.1 Å². The second kappa shape index (κ2) is 13.3. The molecule has 0 aliphatic carbocycles. The normalized spacial score (nSPS) is 22.3. The Morgan fingerprint density at radius 1 is 1.28 bits per heavy atom. The molecule has 1 amide bonds. The van der Waals surface area contributed by atoms with Gasteiger partial charge < -0.3 is 25.6 Å². The monoisotopic (exact) mass is 557 g/mol. The van der Waals surface area contributed by atoms with Crippen molar-refractivity contribution < 1.29 is 9.53 Å². The highest BCUT2D eigenvalue weighted by Crippen LogP contribution is 2.26. The first-order chi connectivity index (χ1) is 15.0. The summed E-state index contributed by atoms with van der Waals surface area (Å²) in [5.74, 6) is 0.808. The minimum absolute atomic E-state index is 0. The summed E-state index contributed by atoms with van der Waals surface area (Å²) in [6.45, 7) is 13.2. The third kappa shape index (κ3) is 7.59. The predicted molar refractivity (Wildman–Crippen MR) is 141 cm³/mol. The molecular formula is C24H40IN5O2. The number of hydrogen-bond acceptors (Lipinski definition) is 4. The van der Waals surface area contributed by atoms with Crippen LogP contribution in [0.5, 0.6) is 0 Å². The van der Waals surface area contributed by atoms with Gasteiger partial charge in [-0.2, -0.15) is 0 Å². The summed E-state index contributed by atoms with van der Waals surface area (Å²) in [5.41, 5.74) is 9.32. The molecular weight excluding hydrogens is 517 g/mol. The van der Waals surface area contributed by atoms with Crippen LogP contribution in [0.25, 0.3) is 0 Å². The van der Waals surface area contributed by atoms with Crippen LogP contribution in [-0.2, 0) is 9.53 Å². The summed E-state index contributed by atoms with van der Waals surface area (Å²) in [6.07, 6.45) is 3.02. The Bertz CT molecular complexity index is 773.